The summed E-state index contributed by atoms with van der Waals surface area (Å²) in [5, 5.41) is 30.3. The summed E-state index contributed by atoms with van der Waals surface area (Å²) in [6.07, 6.45) is -1.56. The number of alkyl halides is 1. The fraction of sp³-hybridized carbons (Fsp3) is 0.440. The van der Waals surface area contributed by atoms with Crippen molar-refractivity contribution in [1.29, 1.82) is 0 Å². The van der Waals surface area contributed by atoms with Gasteiger partial charge in [-0.2, -0.15) is 0 Å². The van der Waals surface area contributed by atoms with Crippen LogP contribution in [0, 0.1) is 0 Å². The summed E-state index contributed by atoms with van der Waals surface area (Å²) in [7, 11) is 0. The van der Waals surface area contributed by atoms with E-state index in [1.165, 1.54) is 5.01 Å². The van der Waals surface area contributed by atoms with Crippen molar-refractivity contribution in [1.82, 2.24) is 5.01 Å². The highest BCUT2D eigenvalue weighted by Crippen LogP contribution is 2.33. The Balaban J connectivity index is 1.95. The number of aliphatic hydroxyl groups is 3. The van der Waals surface area contributed by atoms with Crippen LogP contribution >= 0.6 is 11.6 Å². The van der Waals surface area contributed by atoms with Crippen molar-refractivity contribution in [2.24, 2.45) is 11.6 Å². The van der Waals surface area contributed by atoms with Gasteiger partial charge in [0.2, 0.25) is 0 Å². The monoisotopic (exact) mass is 493 g/mol. The molecule has 0 aromatic heterocycles. The summed E-state index contributed by atoms with van der Waals surface area (Å²) in [5.41, 5.74) is 8.37. The molecule has 2 aromatic rings. The van der Waals surface area contributed by atoms with Crippen molar-refractivity contribution in [2.45, 2.75) is 38.4 Å². The van der Waals surface area contributed by atoms with Gasteiger partial charge in [0.1, 0.15) is 36.9 Å². The molecule has 7 N–H and O–H groups in total. The fourth-order valence-corrected chi connectivity index (χ4v) is 3.45. The number of benzene rings is 2. The Hall–Kier alpha value is -2.49. The Labute approximate surface area is 206 Å². The maximum absolute atomic E-state index is 10.2. The molecule has 2 aromatic carbocycles. The number of ether oxygens (including phenoxy) is 2. The minimum Gasteiger partial charge on any atom is -0.491 e. The molecule has 0 aliphatic rings. The van der Waals surface area contributed by atoms with Crippen molar-refractivity contribution >= 4 is 11.6 Å². The van der Waals surface area contributed by atoms with Gasteiger partial charge in [0.25, 0.3) is 0 Å². The molecular formula is C25H36ClN3O5. The van der Waals surface area contributed by atoms with Gasteiger partial charge in [-0.3, -0.25) is 0 Å². The van der Waals surface area contributed by atoms with Crippen molar-refractivity contribution in [3.8, 4) is 11.5 Å². The first-order valence-electron chi connectivity index (χ1n) is 11.1. The smallest absolute Gasteiger partial charge is 0.119 e. The minimum absolute atomic E-state index is 0.0403. The predicted octanol–water partition coefficient (Wildman–Crippen LogP) is 2.09. The second kappa shape index (κ2) is 12.8. The normalized spacial score (nSPS) is 14.2. The highest BCUT2D eigenvalue weighted by molar-refractivity contribution is 6.18. The molecule has 0 unspecified atom stereocenters. The lowest BCUT2D eigenvalue weighted by Gasteiger charge is -2.27. The van der Waals surface area contributed by atoms with Gasteiger partial charge in [-0.05, 0) is 42.3 Å². The molecule has 9 heteroatoms. The SMILES string of the molecule is C/C(N)=C(\CO)N(N)C[C@@H](O)COc1ccc(C(C)(C)c2ccc(OC[C@@H](O)CCl)cc2)cc1. The molecule has 0 heterocycles. The van der Waals surface area contributed by atoms with Crippen LogP contribution in [-0.2, 0) is 5.41 Å². The summed E-state index contributed by atoms with van der Waals surface area (Å²) >= 11 is 5.59. The molecule has 34 heavy (non-hydrogen) atoms. The quantitative estimate of drug-likeness (QED) is 0.163. The molecule has 0 bridgehead atoms. The topological polar surface area (TPSA) is 134 Å². The van der Waals surface area contributed by atoms with Crippen LogP contribution in [0.5, 0.6) is 11.5 Å². The zero-order valence-corrected chi connectivity index (χ0v) is 20.7. The van der Waals surface area contributed by atoms with Crippen LogP contribution in [0.25, 0.3) is 0 Å². The Morgan fingerprint density at radius 3 is 1.76 bits per heavy atom. The van der Waals surface area contributed by atoms with Crippen LogP contribution < -0.4 is 21.1 Å². The molecule has 0 fully saturated rings. The zero-order valence-electron chi connectivity index (χ0n) is 19.9. The first kappa shape index (κ1) is 27.8. The number of allylic oxidation sites excluding steroid dienone is 1. The number of nitrogens with zero attached hydrogens (tertiary/aromatic N) is 1. The molecule has 0 saturated carbocycles. The van der Waals surface area contributed by atoms with Gasteiger partial charge in [-0.1, -0.05) is 38.1 Å². The zero-order chi connectivity index (χ0) is 25.3. The molecule has 8 nitrogen and oxygen atoms in total. The standard InChI is InChI=1S/C25H36ClN3O5/c1-17(27)24(14-30)29(28)13-21(32)16-34-23-10-6-19(7-11-23)25(2,3)18-4-8-22(9-5-18)33-15-20(31)12-26/h4-11,20-21,30-32H,12-16,27-28H2,1-3H3/b24-17-/t20-,21+/m0/s1. The Morgan fingerprint density at radius 2 is 1.38 bits per heavy atom. The first-order valence-corrected chi connectivity index (χ1v) is 11.6. The molecule has 0 spiro atoms. The third-order valence-corrected chi connectivity index (χ3v) is 5.93. The largest absolute Gasteiger partial charge is 0.491 e. The third kappa shape index (κ3) is 7.78. The average Bonchev–Trinajstić information content (AvgIpc) is 2.81. The number of hydrogen-bond acceptors (Lipinski definition) is 8. The molecule has 2 atom stereocenters. The average molecular weight is 494 g/mol. The fourth-order valence-electron chi connectivity index (χ4n) is 3.36. The Bertz CT molecular complexity index is 915. The third-order valence-electron chi connectivity index (χ3n) is 5.57. The summed E-state index contributed by atoms with van der Waals surface area (Å²) in [4.78, 5) is 0. The first-order chi connectivity index (χ1) is 16.1. The number of rotatable bonds is 13. The van der Waals surface area contributed by atoms with Crippen molar-refractivity contribution in [3.63, 3.8) is 0 Å². The molecule has 0 saturated heterocycles. The number of aliphatic hydroxyl groups excluding tert-OH is 3. The van der Waals surface area contributed by atoms with E-state index in [1.807, 2.05) is 48.5 Å². The maximum Gasteiger partial charge on any atom is 0.119 e. The Kier molecular flexibility index (Phi) is 10.5. The van der Waals surface area contributed by atoms with E-state index in [4.69, 9.17) is 32.7 Å². The van der Waals surface area contributed by atoms with Gasteiger partial charge < -0.3 is 35.5 Å². The van der Waals surface area contributed by atoms with Gasteiger partial charge in [-0.25, -0.2) is 5.84 Å². The lowest BCUT2D eigenvalue weighted by molar-refractivity contribution is 0.0741. The van der Waals surface area contributed by atoms with Crippen molar-refractivity contribution < 1.29 is 24.8 Å². The van der Waals surface area contributed by atoms with Gasteiger partial charge >= 0.3 is 0 Å². The Morgan fingerprint density at radius 1 is 0.941 bits per heavy atom. The van der Waals surface area contributed by atoms with Crippen LogP contribution in [-0.4, -0.2) is 64.8 Å². The van der Waals surface area contributed by atoms with Gasteiger partial charge in [0, 0.05) is 11.1 Å². The van der Waals surface area contributed by atoms with E-state index in [9.17, 15) is 15.3 Å². The second-order valence-electron chi connectivity index (χ2n) is 8.70. The second-order valence-corrected chi connectivity index (χ2v) is 9.01. The van der Waals surface area contributed by atoms with E-state index >= 15 is 0 Å². The van der Waals surface area contributed by atoms with E-state index in [1.54, 1.807) is 6.92 Å². The molecule has 188 valence electrons. The van der Waals surface area contributed by atoms with Crippen LogP contribution in [0.4, 0.5) is 0 Å². The summed E-state index contributed by atoms with van der Waals surface area (Å²) < 4.78 is 11.2. The van der Waals surface area contributed by atoms with Gasteiger partial charge in [0.15, 0.2) is 0 Å². The molecule has 0 aliphatic heterocycles. The van der Waals surface area contributed by atoms with E-state index in [-0.39, 0.29) is 37.7 Å². The number of hydrogen-bond donors (Lipinski definition) is 5. The molecular weight excluding hydrogens is 458 g/mol. The maximum atomic E-state index is 10.2. The molecule has 0 aliphatic carbocycles. The number of nitrogens with two attached hydrogens (primary N) is 2. The minimum atomic E-state index is -0.867. The van der Waals surface area contributed by atoms with E-state index in [0.717, 1.165) is 11.1 Å². The number of hydrazine groups is 1. The predicted molar refractivity (Wildman–Crippen MR) is 134 cm³/mol. The van der Waals surface area contributed by atoms with Crippen molar-refractivity contribution in [2.75, 3.05) is 32.2 Å². The molecule has 0 radical (unpaired) electrons. The van der Waals surface area contributed by atoms with E-state index in [0.29, 0.717) is 22.9 Å². The van der Waals surface area contributed by atoms with Crippen molar-refractivity contribution in [3.05, 3.63) is 71.1 Å². The van der Waals surface area contributed by atoms with Crippen LogP contribution in [0.15, 0.2) is 59.9 Å². The summed E-state index contributed by atoms with van der Waals surface area (Å²) in [6, 6.07) is 15.4. The highest BCUT2D eigenvalue weighted by atomic mass is 35.5. The van der Waals surface area contributed by atoms with Crippen LogP contribution in [0.3, 0.4) is 0 Å². The van der Waals surface area contributed by atoms with Gasteiger partial charge in [-0.15, -0.1) is 11.6 Å². The number of halogens is 1. The summed E-state index contributed by atoms with van der Waals surface area (Å²) in [6.45, 7) is 5.84. The molecule has 0 amide bonds. The lowest BCUT2D eigenvalue weighted by Crippen LogP contribution is -2.41. The highest BCUT2D eigenvalue weighted by Gasteiger charge is 2.23. The van der Waals surface area contributed by atoms with E-state index in [2.05, 4.69) is 13.8 Å². The van der Waals surface area contributed by atoms with Crippen LogP contribution in [0.2, 0.25) is 0 Å². The summed E-state index contributed by atoms with van der Waals surface area (Å²) in [5.74, 6) is 7.29. The lowest BCUT2D eigenvalue weighted by atomic mass is 9.78. The van der Waals surface area contributed by atoms with Gasteiger partial charge in [0.05, 0.1) is 24.7 Å². The van der Waals surface area contributed by atoms with Crippen LogP contribution in [0.1, 0.15) is 31.9 Å². The molecule has 2 rings (SSSR count). The van der Waals surface area contributed by atoms with E-state index < -0.39 is 12.2 Å².